The van der Waals surface area contributed by atoms with Crippen molar-refractivity contribution in [1.29, 1.82) is 0 Å². The molecule has 1 atom stereocenters. The Balaban J connectivity index is 0.000000177. The van der Waals surface area contributed by atoms with Gasteiger partial charge in [-0.2, -0.15) is 0 Å². The van der Waals surface area contributed by atoms with Crippen molar-refractivity contribution in [3.63, 3.8) is 0 Å². The van der Waals surface area contributed by atoms with Crippen LogP contribution in [-0.4, -0.2) is 0 Å². The maximum absolute atomic E-state index is 6.09. The molecule has 0 saturated carbocycles. The molecule has 1 nitrogen and oxygen atoms in total. The van der Waals surface area contributed by atoms with Crippen LogP contribution in [0.1, 0.15) is 172 Å². The van der Waals surface area contributed by atoms with Gasteiger partial charge in [0.15, 0.2) is 0 Å². The number of hydrogen-bond acceptors (Lipinski definition) is 1. The highest BCUT2D eigenvalue weighted by atomic mass is 14.6. The van der Waals surface area contributed by atoms with Gasteiger partial charge in [-0.15, -0.1) is 0 Å². The minimum absolute atomic E-state index is 0.0623. The van der Waals surface area contributed by atoms with Crippen molar-refractivity contribution >= 4 is 29.0 Å². The fourth-order valence-electron chi connectivity index (χ4n) is 10.6. The number of aryl methyl sites for hydroxylation is 2. The van der Waals surface area contributed by atoms with Crippen LogP contribution >= 0.6 is 0 Å². The van der Waals surface area contributed by atoms with E-state index in [1.165, 1.54) is 107 Å². The zero-order valence-electron chi connectivity index (χ0n) is 46.3. The van der Waals surface area contributed by atoms with E-state index in [0.29, 0.717) is 5.92 Å². The van der Waals surface area contributed by atoms with Crippen molar-refractivity contribution in [2.45, 2.75) is 160 Å². The lowest BCUT2D eigenvalue weighted by atomic mass is 9.74. The predicted octanol–water partition coefficient (Wildman–Crippen LogP) is 17.9. The molecule has 0 amide bonds. The molecule has 0 fully saturated rings. The lowest BCUT2D eigenvalue weighted by molar-refractivity contribution is 0.461. The fourth-order valence-corrected chi connectivity index (χ4v) is 10.6. The first-order chi connectivity index (χ1) is 33.2. The molecule has 10 rings (SSSR count). The summed E-state index contributed by atoms with van der Waals surface area (Å²) in [4.78, 5) is 0. The second-order valence-corrected chi connectivity index (χ2v) is 21.6. The van der Waals surface area contributed by atoms with E-state index in [9.17, 15) is 0 Å². The zero-order valence-corrected chi connectivity index (χ0v) is 46.3. The van der Waals surface area contributed by atoms with Gasteiger partial charge in [-0.1, -0.05) is 241 Å². The number of hydrogen-bond donors (Lipinski definition) is 1. The maximum atomic E-state index is 6.09. The van der Waals surface area contributed by atoms with Crippen LogP contribution in [0.2, 0.25) is 0 Å². The summed E-state index contributed by atoms with van der Waals surface area (Å²) in [6.45, 7) is 43.3. The summed E-state index contributed by atoms with van der Waals surface area (Å²) in [5, 5.41) is 4.91. The van der Waals surface area contributed by atoms with Crippen LogP contribution in [0.15, 0.2) is 156 Å². The third-order valence-electron chi connectivity index (χ3n) is 14.9. The number of fused-ring (bicyclic) bond motifs is 7. The van der Waals surface area contributed by atoms with Crippen LogP contribution in [0.25, 0.3) is 40.1 Å². The minimum atomic E-state index is 0.0623. The molecule has 5 aliphatic rings. The Labute approximate surface area is 425 Å². The number of nitrogens with two attached hydrogens (primary N) is 1. The standard InChI is InChI=1S/C23H24.C18H20.C16H19N.C8H12.2C2H6/c1-6-9-19-12-10-17(3)22-20(13-11-16(2)21(19)22)18(4)23(5)14-7-8-15-23;1-12-7-5-8-13-14-9-6-10-17(18(2,3)4)16(14)11-15(12)13;1-16(2,3)14-6-4-5-10-11-7-8-15(17)13(11)9-12(10)14;1-7-5-3-4-6-8(7)2;2*1-2/h6-15,18H,1,3H2,2,4-5H3;5-10H,11H2,1-4H3;4-7H,8-9,17H2,1-3H3;3,5H,4,6H2,1-2H3;2*1-2H3/b19-9-;;;;;. The van der Waals surface area contributed by atoms with E-state index < -0.39 is 0 Å². The Hall–Kier alpha value is -5.92. The van der Waals surface area contributed by atoms with Gasteiger partial charge in [0.2, 0.25) is 0 Å². The molecule has 0 heterocycles. The molecule has 1 heteroatoms. The Kier molecular flexibility index (Phi) is 18.3. The van der Waals surface area contributed by atoms with Gasteiger partial charge < -0.3 is 5.73 Å². The zero-order chi connectivity index (χ0) is 51.7. The molecular formula is C69H87N. The van der Waals surface area contributed by atoms with Crippen LogP contribution in [0.3, 0.4) is 0 Å². The molecular weight excluding hydrogens is 843 g/mol. The number of benzene rings is 5. The van der Waals surface area contributed by atoms with Crippen molar-refractivity contribution in [2.24, 2.45) is 11.1 Å². The van der Waals surface area contributed by atoms with Crippen LogP contribution in [0.5, 0.6) is 0 Å². The molecule has 0 radical (unpaired) electrons. The van der Waals surface area contributed by atoms with Gasteiger partial charge >= 0.3 is 0 Å². The second kappa shape index (κ2) is 23.3. The summed E-state index contributed by atoms with van der Waals surface area (Å²) in [7, 11) is 0. The van der Waals surface area contributed by atoms with Gasteiger partial charge in [0.25, 0.3) is 0 Å². The van der Waals surface area contributed by atoms with Crippen molar-refractivity contribution in [3.8, 4) is 11.1 Å². The molecule has 5 aliphatic carbocycles. The van der Waals surface area contributed by atoms with Crippen LogP contribution < -0.4 is 16.2 Å². The number of rotatable bonds is 3. The third kappa shape index (κ3) is 11.8. The molecule has 0 aromatic heterocycles. The maximum Gasteiger partial charge on any atom is 0.0161 e. The normalized spacial score (nSPS) is 16.1. The Morgan fingerprint density at radius 3 is 1.80 bits per heavy atom. The summed E-state index contributed by atoms with van der Waals surface area (Å²) >= 11 is 0. The average Bonchev–Trinajstić information content (AvgIpc) is 4.14. The SMILES string of the molecule is C=C/C=c1/ccc(=C)c2c(C(C)C3(C)C=CC=C3)ccc(C)c12.CC.CC.CC(C)(C)c1cccc2c1CC1=C(N)CC=C12.CC1=C(C)CCC=C1.Cc1cccc2c1Cc1c-2cccc1C(C)(C)C. The Morgan fingerprint density at radius 2 is 1.24 bits per heavy atom. The molecule has 2 N–H and O–H groups in total. The fraction of sp³-hybridized carbons (Fsp3) is 0.362. The minimum Gasteiger partial charge on any atom is -0.402 e. The van der Waals surface area contributed by atoms with Gasteiger partial charge in [0.05, 0.1) is 0 Å². The van der Waals surface area contributed by atoms with E-state index >= 15 is 0 Å². The molecule has 0 bridgehead atoms. The highest BCUT2D eigenvalue weighted by Gasteiger charge is 2.32. The highest BCUT2D eigenvalue weighted by Crippen LogP contribution is 2.46. The van der Waals surface area contributed by atoms with Crippen LogP contribution in [-0.2, 0) is 23.7 Å². The molecule has 0 saturated heterocycles. The van der Waals surface area contributed by atoms with Crippen LogP contribution in [0, 0.1) is 19.3 Å². The average molecular weight is 930 g/mol. The van der Waals surface area contributed by atoms with Crippen molar-refractivity contribution in [2.75, 3.05) is 0 Å². The highest BCUT2D eigenvalue weighted by molar-refractivity contribution is 5.91. The monoisotopic (exact) mass is 930 g/mol. The molecule has 368 valence electrons. The van der Waals surface area contributed by atoms with Gasteiger partial charge in [-0.05, 0) is 157 Å². The first-order valence-corrected chi connectivity index (χ1v) is 26.3. The van der Waals surface area contributed by atoms with E-state index in [2.05, 4.69) is 224 Å². The Bertz CT molecular complexity index is 2990. The van der Waals surface area contributed by atoms with E-state index in [0.717, 1.165) is 30.2 Å². The third-order valence-corrected chi connectivity index (χ3v) is 14.9. The van der Waals surface area contributed by atoms with Gasteiger partial charge in [0.1, 0.15) is 0 Å². The van der Waals surface area contributed by atoms with Crippen molar-refractivity contribution < 1.29 is 0 Å². The van der Waals surface area contributed by atoms with Gasteiger partial charge in [0, 0.05) is 24.0 Å². The molecule has 5 aromatic rings. The molecule has 70 heavy (non-hydrogen) atoms. The second-order valence-electron chi connectivity index (χ2n) is 21.6. The van der Waals surface area contributed by atoms with E-state index in [-0.39, 0.29) is 16.2 Å². The number of allylic oxidation sites excluding steroid dienone is 12. The van der Waals surface area contributed by atoms with E-state index in [1.807, 2.05) is 33.8 Å². The van der Waals surface area contributed by atoms with Gasteiger partial charge in [-0.3, -0.25) is 0 Å². The molecule has 1 unspecified atom stereocenters. The molecule has 5 aromatic carbocycles. The van der Waals surface area contributed by atoms with Crippen LogP contribution in [0.4, 0.5) is 0 Å². The van der Waals surface area contributed by atoms with Crippen molar-refractivity contribution in [3.05, 3.63) is 217 Å². The molecule has 0 spiro atoms. The lowest BCUT2D eigenvalue weighted by Gasteiger charge is -2.30. The lowest BCUT2D eigenvalue weighted by Crippen LogP contribution is -2.21. The predicted molar refractivity (Wildman–Crippen MR) is 313 cm³/mol. The summed E-state index contributed by atoms with van der Waals surface area (Å²) in [6, 6.07) is 28.9. The largest absolute Gasteiger partial charge is 0.402 e. The Morgan fingerprint density at radius 1 is 0.671 bits per heavy atom. The van der Waals surface area contributed by atoms with E-state index in [4.69, 9.17) is 5.73 Å². The summed E-state index contributed by atoms with van der Waals surface area (Å²) < 4.78 is 0. The van der Waals surface area contributed by atoms with E-state index in [1.54, 1.807) is 5.57 Å². The topological polar surface area (TPSA) is 26.0 Å². The summed E-state index contributed by atoms with van der Waals surface area (Å²) in [5.41, 5.74) is 29.3. The smallest absolute Gasteiger partial charge is 0.0161 e. The van der Waals surface area contributed by atoms with Crippen molar-refractivity contribution in [1.82, 2.24) is 0 Å². The molecule has 0 aliphatic heterocycles. The summed E-state index contributed by atoms with van der Waals surface area (Å²) in [5.74, 6) is 0.389. The summed E-state index contributed by atoms with van der Waals surface area (Å²) in [6.07, 6.45) is 25.1. The van der Waals surface area contributed by atoms with Gasteiger partial charge in [-0.25, -0.2) is 0 Å². The first kappa shape index (κ1) is 55.0. The first-order valence-electron chi connectivity index (χ1n) is 26.3. The quantitative estimate of drug-likeness (QED) is 0.188.